The number of hydrazine groups is 1. The molecule has 0 atom stereocenters. The Balaban J connectivity index is 1.67. The summed E-state index contributed by atoms with van der Waals surface area (Å²) in [5.41, 5.74) is 5.01. The van der Waals surface area contributed by atoms with Gasteiger partial charge in [0, 0.05) is 5.56 Å². The van der Waals surface area contributed by atoms with Gasteiger partial charge in [-0.2, -0.15) is 0 Å². The van der Waals surface area contributed by atoms with Gasteiger partial charge in [-0.05, 0) is 35.2 Å². The molecule has 0 aliphatic rings. The lowest BCUT2D eigenvalue weighted by molar-refractivity contribution is -0.122. The van der Waals surface area contributed by atoms with E-state index < -0.39 is 29.5 Å². The number of nitrogens with one attached hydrogen (secondary N) is 3. The van der Waals surface area contributed by atoms with Crippen molar-refractivity contribution in [1.29, 1.82) is 0 Å². The molecule has 0 saturated carbocycles. The smallest absolute Gasteiger partial charge is 0.271 e. The Bertz CT molecular complexity index is 1180. The normalized spacial score (nSPS) is 11.3. The van der Waals surface area contributed by atoms with E-state index >= 15 is 0 Å². The number of benzene rings is 2. The van der Waals surface area contributed by atoms with Gasteiger partial charge in [-0.15, -0.1) is 0 Å². The number of hydrogen-bond acceptors (Lipinski definition) is 4. The third kappa shape index (κ3) is 4.43. The second-order valence-electron chi connectivity index (χ2n) is 7.71. The second-order valence-corrected chi connectivity index (χ2v) is 7.71. The van der Waals surface area contributed by atoms with Crippen LogP contribution >= 0.6 is 0 Å². The monoisotopic (exact) mass is 394 g/mol. The summed E-state index contributed by atoms with van der Waals surface area (Å²) < 4.78 is 0.907. The molecule has 0 unspecified atom stereocenters. The van der Waals surface area contributed by atoms with Crippen LogP contribution in [0, 0.1) is 0 Å². The van der Waals surface area contributed by atoms with Gasteiger partial charge in [0.25, 0.3) is 22.9 Å². The van der Waals surface area contributed by atoms with Crippen molar-refractivity contribution < 1.29 is 9.59 Å². The van der Waals surface area contributed by atoms with Crippen LogP contribution in [-0.2, 0) is 16.8 Å². The summed E-state index contributed by atoms with van der Waals surface area (Å²) in [5, 5.41) is 2.83. The average Bonchev–Trinajstić information content (AvgIpc) is 2.69. The molecule has 0 saturated heterocycles. The summed E-state index contributed by atoms with van der Waals surface area (Å²) in [6.45, 7) is 5.77. The largest absolute Gasteiger partial charge is 0.273 e. The molecule has 1 aromatic heterocycles. The third-order valence-corrected chi connectivity index (χ3v) is 4.51. The Morgan fingerprint density at radius 2 is 1.55 bits per heavy atom. The van der Waals surface area contributed by atoms with E-state index in [9.17, 15) is 19.2 Å². The van der Waals surface area contributed by atoms with Crippen molar-refractivity contribution in [2.45, 2.75) is 32.7 Å². The summed E-state index contributed by atoms with van der Waals surface area (Å²) in [5.74, 6) is -1.14. The van der Waals surface area contributed by atoms with Crippen LogP contribution in [0.25, 0.3) is 10.8 Å². The molecular weight excluding hydrogens is 372 g/mol. The van der Waals surface area contributed by atoms with Gasteiger partial charge in [0.1, 0.15) is 6.54 Å². The molecule has 0 spiro atoms. The van der Waals surface area contributed by atoms with E-state index in [2.05, 4.69) is 36.7 Å². The van der Waals surface area contributed by atoms with E-state index in [0.29, 0.717) is 5.56 Å². The highest BCUT2D eigenvalue weighted by atomic mass is 16.2. The molecule has 1 heterocycles. The number of H-pyrrole nitrogens is 1. The van der Waals surface area contributed by atoms with Crippen LogP contribution in [0.5, 0.6) is 0 Å². The van der Waals surface area contributed by atoms with Gasteiger partial charge in [-0.1, -0.05) is 45.0 Å². The molecule has 8 heteroatoms. The van der Waals surface area contributed by atoms with Crippen molar-refractivity contribution in [2.75, 3.05) is 0 Å². The number of aromatic amines is 1. The van der Waals surface area contributed by atoms with Crippen LogP contribution in [0.4, 0.5) is 0 Å². The van der Waals surface area contributed by atoms with E-state index in [4.69, 9.17) is 0 Å². The standard InChI is InChI=1S/C21H22N4O4/c1-21(2,3)14-10-8-13(9-11-14)18(27)23-22-17(26)12-25-20(29)16-7-5-4-6-15(16)19(28)24-25/h4-11H,12H2,1-3H3,(H,22,26)(H,23,27)(H,24,28). The molecule has 3 N–H and O–H groups in total. The molecule has 0 aliphatic carbocycles. The predicted octanol–water partition coefficient (Wildman–Crippen LogP) is 1.45. The lowest BCUT2D eigenvalue weighted by Gasteiger charge is -2.19. The average molecular weight is 394 g/mol. The van der Waals surface area contributed by atoms with Gasteiger partial charge in [-0.25, -0.2) is 4.68 Å². The molecule has 0 fully saturated rings. The summed E-state index contributed by atoms with van der Waals surface area (Å²) in [6, 6.07) is 13.4. The SMILES string of the molecule is CC(C)(C)c1ccc(C(=O)NNC(=O)Cn2[nH]c(=O)c3ccccc3c2=O)cc1. The van der Waals surface area contributed by atoms with Crippen molar-refractivity contribution in [3.63, 3.8) is 0 Å². The van der Waals surface area contributed by atoms with Crippen LogP contribution in [0.2, 0.25) is 0 Å². The van der Waals surface area contributed by atoms with Gasteiger partial charge in [-0.3, -0.25) is 35.1 Å². The van der Waals surface area contributed by atoms with Crippen LogP contribution < -0.4 is 22.0 Å². The first-order chi connectivity index (χ1) is 13.7. The maximum Gasteiger partial charge on any atom is 0.273 e. The minimum atomic E-state index is -0.655. The summed E-state index contributed by atoms with van der Waals surface area (Å²) in [4.78, 5) is 48.8. The van der Waals surface area contributed by atoms with Crippen molar-refractivity contribution in [1.82, 2.24) is 20.6 Å². The Hall–Kier alpha value is -3.68. The van der Waals surface area contributed by atoms with Crippen LogP contribution in [0.15, 0.2) is 58.1 Å². The molecular formula is C21H22N4O4. The number of amides is 2. The highest BCUT2D eigenvalue weighted by Crippen LogP contribution is 2.22. The Morgan fingerprint density at radius 1 is 0.931 bits per heavy atom. The lowest BCUT2D eigenvalue weighted by atomic mass is 9.87. The molecule has 8 nitrogen and oxygen atoms in total. The topological polar surface area (TPSA) is 113 Å². The third-order valence-electron chi connectivity index (χ3n) is 4.51. The van der Waals surface area contributed by atoms with E-state index in [1.54, 1.807) is 24.3 Å². The van der Waals surface area contributed by atoms with Gasteiger partial charge < -0.3 is 0 Å². The van der Waals surface area contributed by atoms with Crippen LogP contribution in [0.3, 0.4) is 0 Å². The van der Waals surface area contributed by atoms with Crippen LogP contribution in [0.1, 0.15) is 36.7 Å². The highest BCUT2D eigenvalue weighted by Gasteiger charge is 2.15. The van der Waals surface area contributed by atoms with E-state index in [1.165, 1.54) is 12.1 Å². The number of fused-ring (bicyclic) bond motifs is 1. The van der Waals surface area contributed by atoms with Gasteiger partial charge in [0.2, 0.25) is 0 Å². The maximum absolute atomic E-state index is 12.4. The van der Waals surface area contributed by atoms with Crippen molar-refractivity contribution in [3.05, 3.63) is 80.4 Å². The maximum atomic E-state index is 12.4. The lowest BCUT2D eigenvalue weighted by Crippen LogP contribution is -2.45. The molecule has 2 amide bonds. The quantitative estimate of drug-likeness (QED) is 0.584. The summed E-state index contributed by atoms with van der Waals surface area (Å²) in [6.07, 6.45) is 0. The number of carbonyl (C=O) groups excluding carboxylic acids is 2. The highest BCUT2D eigenvalue weighted by molar-refractivity contribution is 5.95. The van der Waals surface area contributed by atoms with Crippen LogP contribution in [-0.4, -0.2) is 21.6 Å². The van der Waals surface area contributed by atoms with Gasteiger partial charge >= 0.3 is 0 Å². The number of rotatable bonds is 3. The molecule has 3 rings (SSSR count). The zero-order valence-corrected chi connectivity index (χ0v) is 16.4. The Labute approximate surface area is 166 Å². The molecule has 150 valence electrons. The van der Waals surface area contributed by atoms with E-state index in [0.717, 1.165) is 10.2 Å². The fourth-order valence-electron chi connectivity index (χ4n) is 2.86. The minimum absolute atomic E-state index is 0.0345. The fourth-order valence-corrected chi connectivity index (χ4v) is 2.86. The van der Waals surface area contributed by atoms with Crippen molar-refractivity contribution in [3.8, 4) is 0 Å². The van der Waals surface area contributed by atoms with Crippen molar-refractivity contribution in [2.24, 2.45) is 0 Å². The van der Waals surface area contributed by atoms with Crippen molar-refractivity contribution >= 4 is 22.6 Å². The van der Waals surface area contributed by atoms with Gasteiger partial charge in [0.05, 0.1) is 10.8 Å². The zero-order chi connectivity index (χ0) is 21.2. The Morgan fingerprint density at radius 3 is 2.17 bits per heavy atom. The first kappa shape index (κ1) is 20.1. The first-order valence-electron chi connectivity index (χ1n) is 9.08. The Kier molecular flexibility index (Phi) is 5.36. The number of carbonyl (C=O) groups is 2. The predicted molar refractivity (Wildman–Crippen MR) is 110 cm³/mol. The van der Waals surface area contributed by atoms with Gasteiger partial charge in [0.15, 0.2) is 0 Å². The number of hydrogen-bond donors (Lipinski definition) is 3. The van der Waals surface area contributed by atoms with E-state index in [1.807, 2.05) is 12.1 Å². The number of nitrogens with zero attached hydrogens (tertiary/aromatic N) is 1. The molecule has 2 aromatic carbocycles. The summed E-state index contributed by atoms with van der Waals surface area (Å²) >= 11 is 0. The second kappa shape index (κ2) is 7.75. The minimum Gasteiger partial charge on any atom is -0.271 e. The zero-order valence-electron chi connectivity index (χ0n) is 16.4. The molecule has 0 aliphatic heterocycles. The fraction of sp³-hybridized carbons (Fsp3) is 0.238. The number of aromatic nitrogens is 2. The molecule has 0 radical (unpaired) electrons. The molecule has 3 aromatic rings. The summed E-state index contributed by atoms with van der Waals surface area (Å²) in [7, 11) is 0. The first-order valence-corrected chi connectivity index (χ1v) is 9.08. The molecule has 29 heavy (non-hydrogen) atoms. The van der Waals surface area contributed by atoms with E-state index in [-0.39, 0.29) is 16.2 Å². The molecule has 0 bridgehead atoms.